The van der Waals surface area contributed by atoms with E-state index >= 15 is 0 Å². The first-order valence-corrected chi connectivity index (χ1v) is 5.14. The van der Waals surface area contributed by atoms with Crippen LogP contribution in [-0.2, 0) is 0 Å². The molecule has 6 nitrogen and oxygen atoms in total. The zero-order chi connectivity index (χ0) is 12.7. The SMILES string of the molecule is [N-]=[N+]=NCCC=Cc1ccc([N+](=O)[O-])cc1Cl. The van der Waals surface area contributed by atoms with Crippen LogP contribution in [0, 0.1) is 10.1 Å². The molecule has 7 heteroatoms. The lowest BCUT2D eigenvalue weighted by Gasteiger charge is -1.97. The predicted molar refractivity (Wildman–Crippen MR) is 65.8 cm³/mol. The number of nitrogens with zero attached hydrogens (tertiary/aromatic N) is 4. The van der Waals surface area contributed by atoms with Crippen molar-refractivity contribution in [1.29, 1.82) is 0 Å². The minimum absolute atomic E-state index is 0.0405. The summed E-state index contributed by atoms with van der Waals surface area (Å²) in [6, 6.07) is 4.26. The van der Waals surface area contributed by atoms with Gasteiger partial charge >= 0.3 is 0 Å². The van der Waals surface area contributed by atoms with Gasteiger partial charge in [-0.25, -0.2) is 0 Å². The van der Waals surface area contributed by atoms with Crippen LogP contribution in [-0.4, -0.2) is 11.5 Å². The third kappa shape index (κ3) is 4.14. The van der Waals surface area contributed by atoms with E-state index in [-0.39, 0.29) is 5.69 Å². The minimum atomic E-state index is -0.499. The lowest BCUT2D eigenvalue weighted by atomic mass is 10.2. The number of hydrogen-bond acceptors (Lipinski definition) is 3. The number of nitro groups is 1. The van der Waals surface area contributed by atoms with E-state index < -0.39 is 4.92 Å². The maximum Gasteiger partial charge on any atom is 0.270 e. The molecule has 1 aromatic carbocycles. The van der Waals surface area contributed by atoms with Crippen LogP contribution >= 0.6 is 11.6 Å². The lowest BCUT2D eigenvalue weighted by molar-refractivity contribution is -0.384. The van der Waals surface area contributed by atoms with Crippen LogP contribution in [0.5, 0.6) is 0 Å². The Morgan fingerprint density at radius 1 is 1.59 bits per heavy atom. The number of halogens is 1. The van der Waals surface area contributed by atoms with Crippen molar-refractivity contribution in [3.05, 3.63) is 55.4 Å². The molecule has 0 aliphatic heterocycles. The summed E-state index contributed by atoms with van der Waals surface area (Å²) in [6.45, 7) is 0.373. The van der Waals surface area contributed by atoms with E-state index in [1.807, 2.05) is 0 Å². The number of rotatable bonds is 5. The summed E-state index contributed by atoms with van der Waals surface area (Å²) < 4.78 is 0. The van der Waals surface area contributed by atoms with Crippen LogP contribution in [0.15, 0.2) is 29.4 Å². The Hall–Kier alpha value is -2.04. The van der Waals surface area contributed by atoms with Crippen LogP contribution in [0.1, 0.15) is 12.0 Å². The Balaban J connectivity index is 2.72. The van der Waals surface area contributed by atoms with Crippen LogP contribution < -0.4 is 0 Å². The van der Waals surface area contributed by atoms with Gasteiger partial charge in [-0.05, 0) is 23.6 Å². The number of hydrogen-bond donors (Lipinski definition) is 0. The fourth-order valence-corrected chi connectivity index (χ4v) is 1.39. The molecule has 1 aromatic rings. The van der Waals surface area contributed by atoms with E-state index in [0.717, 1.165) is 0 Å². The summed E-state index contributed by atoms with van der Waals surface area (Å²) in [5.74, 6) is 0. The third-order valence-corrected chi connectivity index (χ3v) is 2.28. The summed E-state index contributed by atoms with van der Waals surface area (Å²) in [6.07, 6.45) is 4.12. The molecule has 0 fully saturated rings. The van der Waals surface area contributed by atoms with Crippen molar-refractivity contribution in [1.82, 2.24) is 0 Å². The second-order valence-corrected chi connectivity index (χ2v) is 3.52. The van der Waals surface area contributed by atoms with Crippen LogP contribution in [0.4, 0.5) is 5.69 Å². The van der Waals surface area contributed by atoms with E-state index in [0.29, 0.717) is 23.6 Å². The van der Waals surface area contributed by atoms with Gasteiger partial charge < -0.3 is 0 Å². The molecule has 0 saturated heterocycles. The Labute approximate surface area is 102 Å². The van der Waals surface area contributed by atoms with Gasteiger partial charge in [-0.1, -0.05) is 28.9 Å². The Bertz CT molecular complexity index is 495. The number of benzene rings is 1. The number of azide groups is 1. The van der Waals surface area contributed by atoms with Crippen LogP contribution in [0.25, 0.3) is 16.5 Å². The summed E-state index contributed by atoms with van der Waals surface area (Å²) in [7, 11) is 0. The van der Waals surface area contributed by atoms with Gasteiger partial charge in [0.25, 0.3) is 5.69 Å². The van der Waals surface area contributed by atoms with E-state index in [1.165, 1.54) is 12.1 Å². The van der Waals surface area contributed by atoms with Crippen molar-refractivity contribution >= 4 is 23.4 Å². The second-order valence-electron chi connectivity index (χ2n) is 3.11. The van der Waals surface area contributed by atoms with Crippen molar-refractivity contribution in [2.45, 2.75) is 6.42 Å². The zero-order valence-corrected chi connectivity index (χ0v) is 9.54. The normalized spacial score (nSPS) is 10.2. The van der Waals surface area contributed by atoms with Gasteiger partial charge in [-0.3, -0.25) is 10.1 Å². The van der Waals surface area contributed by atoms with Gasteiger partial charge in [-0.2, -0.15) is 0 Å². The molecule has 0 bridgehead atoms. The van der Waals surface area contributed by atoms with Gasteiger partial charge in [0, 0.05) is 23.6 Å². The molecular formula is C10H9ClN4O2. The molecule has 0 aliphatic carbocycles. The largest absolute Gasteiger partial charge is 0.270 e. The van der Waals surface area contributed by atoms with Crippen molar-refractivity contribution in [2.24, 2.45) is 5.11 Å². The quantitative estimate of drug-likeness (QED) is 0.198. The number of nitro benzene ring substituents is 1. The fourth-order valence-electron chi connectivity index (χ4n) is 1.15. The minimum Gasteiger partial charge on any atom is -0.258 e. The molecule has 0 spiro atoms. The first kappa shape index (κ1) is 13.0. The van der Waals surface area contributed by atoms with E-state index in [4.69, 9.17) is 17.1 Å². The third-order valence-electron chi connectivity index (χ3n) is 1.95. The molecule has 1 rings (SSSR count). The van der Waals surface area contributed by atoms with Gasteiger partial charge in [0.1, 0.15) is 0 Å². The molecular weight excluding hydrogens is 244 g/mol. The fraction of sp³-hybridized carbons (Fsp3) is 0.200. The smallest absolute Gasteiger partial charge is 0.258 e. The summed E-state index contributed by atoms with van der Waals surface area (Å²) >= 11 is 5.88. The molecule has 0 radical (unpaired) electrons. The molecule has 0 atom stereocenters. The van der Waals surface area contributed by atoms with Gasteiger partial charge in [0.15, 0.2) is 0 Å². The average molecular weight is 253 g/mol. The van der Waals surface area contributed by atoms with Crippen molar-refractivity contribution in [3.8, 4) is 0 Å². The summed E-state index contributed by atoms with van der Waals surface area (Å²) in [5, 5.41) is 14.2. The lowest BCUT2D eigenvalue weighted by Crippen LogP contribution is -1.88. The number of non-ortho nitro benzene ring substituents is 1. The van der Waals surface area contributed by atoms with Crippen molar-refractivity contribution in [3.63, 3.8) is 0 Å². The highest BCUT2D eigenvalue weighted by molar-refractivity contribution is 6.32. The molecule has 0 amide bonds. The van der Waals surface area contributed by atoms with Gasteiger partial charge in [-0.15, -0.1) is 0 Å². The first-order valence-electron chi connectivity index (χ1n) is 4.76. The zero-order valence-electron chi connectivity index (χ0n) is 8.78. The maximum atomic E-state index is 10.5. The molecule has 0 aliphatic rings. The molecule has 88 valence electrons. The van der Waals surface area contributed by atoms with E-state index in [2.05, 4.69) is 10.0 Å². The standard InChI is InChI=1S/C10H9ClN4O2/c11-10-7-9(15(16)17)5-4-8(10)3-1-2-6-13-14-12/h1,3-5,7H,2,6H2. The molecule has 0 N–H and O–H groups in total. The van der Waals surface area contributed by atoms with Crippen molar-refractivity contribution < 1.29 is 4.92 Å². The van der Waals surface area contributed by atoms with Crippen LogP contribution in [0.3, 0.4) is 0 Å². The summed E-state index contributed by atoms with van der Waals surface area (Å²) in [5.41, 5.74) is 8.71. The highest BCUT2D eigenvalue weighted by atomic mass is 35.5. The van der Waals surface area contributed by atoms with Gasteiger partial charge in [0.05, 0.1) is 9.95 Å². The monoisotopic (exact) mass is 252 g/mol. The Kier molecular flexibility index (Phi) is 5.00. The highest BCUT2D eigenvalue weighted by Crippen LogP contribution is 2.23. The van der Waals surface area contributed by atoms with Crippen molar-refractivity contribution in [2.75, 3.05) is 6.54 Å². The molecule has 0 saturated carbocycles. The summed E-state index contributed by atoms with van der Waals surface area (Å²) in [4.78, 5) is 12.6. The maximum absolute atomic E-state index is 10.5. The molecule has 0 heterocycles. The second kappa shape index (κ2) is 6.52. The van der Waals surface area contributed by atoms with E-state index in [9.17, 15) is 10.1 Å². The predicted octanol–water partition coefficient (Wildman–Crippen LogP) is 3.96. The highest BCUT2D eigenvalue weighted by Gasteiger charge is 2.07. The van der Waals surface area contributed by atoms with Gasteiger partial charge in [0.2, 0.25) is 0 Å². The molecule has 17 heavy (non-hydrogen) atoms. The topological polar surface area (TPSA) is 91.9 Å². The first-order chi connectivity index (χ1) is 8.15. The molecule has 0 unspecified atom stereocenters. The average Bonchev–Trinajstić information content (AvgIpc) is 2.30. The van der Waals surface area contributed by atoms with Crippen LogP contribution in [0.2, 0.25) is 5.02 Å². The Morgan fingerprint density at radius 3 is 2.94 bits per heavy atom. The molecule has 0 aromatic heterocycles. The van der Waals surface area contributed by atoms with E-state index in [1.54, 1.807) is 18.2 Å². The Morgan fingerprint density at radius 2 is 2.35 bits per heavy atom.